The van der Waals surface area contributed by atoms with Gasteiger partial charge in [0.25, 0.3) is 5.91 Å². The number of carbonyl (C=O) groups excluding carboxylic acids is 1. The van der Waals surface area contributed by atoms with E-state index in [9.17, 15) is 4.79 Å². The van der Waals surface area contributed by atoms with Crippen LogP contribution in [0.3, 0.4) is 0 Å². The molecule has 0 spiro atoms. The van der Waals surface area contributed by atoms with E-state index < -0.39 is 0 Å². The van der Waals surface area contributed by atoms with Crippen LogP contribution < -0.4 is 4.74 Å². The second-order valence-corrected chi connectivity index (χ2v) is 11.1. The summed E-state index contributed by atoms with van der Waals surface area (Å²) < 4.78 is 13.8. The van der Waals surface area contributed by atoms with Gasteiger partial charge in [0, 0.05) is 47.7 Å². The summed E-state index contributed by atoms with van der Waals surface area (Å²) in [5.41, 5.74) is 4.32. The SMILES string of the molecule is CCOCCCN1C(=O)/C(=C/c2cn(-c3ccccc3)nc2-c2ccc(OCc3ccccc3Cl)cc2)SC1=S. The molecular weight excluding hydrogens is 562 g/mol. The van der Waals surface area contributed by atoms with Crippen molar-refractivity contribution in [1.29, 1.82) is 0 Å². The lowest BCUT2D eigenvalue weighted by Gasteiger charge is -2.13. The molecular formula is C31H28ClN3O3S2. The van der Waals surface area contributed by atoms with E-state index in [1.165, 1.54) is 11.8 Å². The number of thiocarbonyl (C=S) groups is 1. The van der Waals surface area contributed by atoms with Crippen LogP contribution in [0.15, 0.2) is 90.0 Å². The number of hydrogen-bond acceptors (Lipinski definition) is 6. The number of benzene rings is 3. The molecule has 0 aliphatic carbocycles. The molecule has 6 nitrogen and oxygen atoms in total. The predicted molar refractivity (Wildman–Crippen MR) is 166 cm³/mol. The molecule has 0 unspecified atom stereocenters. The Morgan fingerprint density at radius 2 is 1.77 bits per heavy atom. The first-order valence-electron chi connectivity index (χ1n) is 13.0. The minimum Gasteiger partial charge on any atom is -0.489 e. The van der Waals surface area contributed by atoms with Crippen molar-refractivity contribution in [3.63, 3.8) is 0 Å². The molecule has 1 saturated heterocycles. The molecule has 9 heteroatoms. The number of amides is 1. The minimum atomic E-state index is -0.0896. The van der Waals surface area contributed by atoms with E-state index in [0.29, 0.717) is 40.6 Å². The Morgan fingerprint density at radius 1 is 1.02 bits per heavy atom. The molecule has 0 saturated carbocycles. The maximum atomic E-state index is 13.2. The second-order valence-electron chi connectivity index (χ2n) is 9.00. The Bertz CT molecular complexity index is 1520. The zero-order valence-electron chi connectivity index (χ0n) is 22.0. The number of thioether (sulfide) groups is 1. The fraction of sp³-hybridized carbons (Fsp3) is 0.194. The topological polar surface area (TPSA) is 56.6 Å². The Hall–Kier alpha value is -3.43. The number of halogens is 1. The quantitative estimate of drug-likeness (QED) is 0.103. The zero-order chi connectivity index (χ0) is 27.9. The normalized spacial score (nSPS) is 14.3. The zero-order valence-corrected chi connectivity index (χ0v) is 24.3. The summed E-state index contributed by atoms with van der Waals surface area (Å²) in [4.78, 5) is 15.5. The first kappa shape index (κ1) is 28.1. The van der Waals surface area contributed by atoms with Gasteiger partial charge in [0.05, 0.1) is 16.3 Å². The molecule has 40 heavy (non-hydrogen) atoms. The summed E-state index contributed by atoms with van der Waals surface area (Å²) in [7, 11) is 0. The second kappa shape index (κ2) is 13.3. The number of carbonyl (C=O) groups is 1. The molecule has 4 aromatic rings. The molecule has 5 rings (SSSR count). The van der Waals surface area contributed by atoms with Crippen LogP contribution in [-0.2, 0) is 16.1 Å². The molecule has 3 aromatic carbocycles. The van der Waals surface area contributed by atoms with E-state index in [2.05, 4.69) is 0 Å². The number of ether oxygens (including phenoxy) is 2. The van der Waals surface area contributed by atoms with E-state index in [1.807, 2.05) is 103 Å². The largest absolute Gasteiger partial charge is 0.489 e. The van der Waals surface area contributed by atoms with Crippen LogP contribution in [0.2, 0.25) is 5.02 Å². The highest BCUT2D eigenvalue weighted by Crippen LogP contribution is 2.35. The summed E-state index contributed by atoms with van der Waals surface area (Å²) in [6, 6.07) is 25.3. The van der Waals surface area contributed by atoms with E-state index >= 15 is 0 Å². The highest BCUT2D eigenvalue weighted by Gasteiger charge is 2.32. The highest BCUT2D eigenvalue weighted by atomic mass is 35.5. The third-order valence-corrected chi connectivity index (χ3v) is 8.02. The molecule has 2 heterocycles. The Kier molecular flexibility index (Phi) is 9.34. The number of nitrogens with zero attached hydrogens (tertiary/aromatic N) is 3. The van der Waals surface area contributed by atoms with Gasteiger partial charge in [-0.05, 0) is 61.9 Å². The van der Waals surface area contributed by atoms with Crippen molar-refractivity contribution in [2.75, 3.05) is 19.8 Å². The van der Waals surface area contributed by atoms with Gasteiger partial charge in [-0.15, -0.1) is 0 Å². The van der Waals surface area contributed by atoms with Gasteiger partial charge in [-0.25, -0.2) is 4.68 Å². The average molecular weight is 590 g/mol. The predicted octanol–water partition coefficient (Wildman–Crippen LogP) is 7.40. The van der Waals surface area contributed by atoms with Crippen LogP contribution in [0.25, 0.3) is 23.0 Å². The van der Waals surface area contributed by atoms with E-state index in [-0.39, 0.29) is 5.91 Å². The van der Waals surface area contributed by atoms with E-state index in [0.717, 1.165) is 40.2 Å². The summed E-state index contributed by atoms with van der Waals surface area (Å²) in [5.74, 6) is 0.633. The number of rotatable bonds is 11. The fourth-order valence-corrected chi connectivity index (χ4v) is 5.71. The van der Waals surface area contributed by atoms with Crippen molar-refractivity contribution in [3.8, 4) is 22.7 Å². The Morgan fingerprint density at radius 3 is 2.52 bits per heavy atom. The first-order chi connectivity index (χ1) is 19.5. The molecule has 0 N–H and O–H groups in total. The standard InChI is InChI=1S/C31H28ClN3O3S2/c1-2-37-18-8-17-34-30(36)28(40-31(34)39)19-24-20-35(25-10-4-3-5-11-25)33-29(24)22-13-15-26(16-14-22)38-21-23-9-6-7-12-27(23)32/h3-7,9-16,19-20H,2,8,17-18,21H2,1H3/b28-19-. The van der Waals surface area contributed by atoms with E-state index in [4.69, 9.17) is 38.4 Å². The van der Waals surface area contributed by atoms with Gasteiger partial charge in [-0.1, -0.05) is 72.0 Å². The molecule has 1 aliphatic heterocycles. The van der Waals surface area contributed by atoms with Crippen LogP contribution in [0.4, 0.5) is 0 Å². The van der Waals surface area contributed by atoms with Crippen molar-refractivity contribution in [1.82, 2.24) is 14.7 Å². The third kappa shape index (κ3) is 6.64. The van der Waals surface area contributed by atoms with Crippen LogP contribution in [0.5, 0.6) is 5.75 Å². The monoisotopic (exact) mass is 589 g/mol. The lowest BCUT2D eigenvalue weighted by molar-refractivity contribution is -0.122. The van der Waals surface area contributed by atoms with Crippen LogP contribution in [-0.4, -0.2) is 44.7 Å². The molecule has 1 aromatic heterocycles. The number of para-hydroxylation sites is 1. The minimum absolute atomic E-state index is 0.0896. The number of hydrogen-bond donors (Lipinski definition) is 0. The van der Waals surface area contributed by atoms with Gasteiger partial charge in [0.15, 0.2) is 0 Å². The fourth-order valence-electron chi connectivity index (χ4n) is 4.22. The van der Waals surface area contributed by atoms with Gasteiger partial charge in [-0.2, -0.15) is 5.10 Å². The van der Waals surface area contributed by atoms with Crippen molar-refractivity contribution < 1.29 is 14.3 Å². The van der Waals surface area contributed by atoms with Gasteiger partial charge in [-0.3, -0.25) is 9.69 Å². The Balaban J connectivity index is 1.40. The molecule has 0 bridgehead atoms. The molecule has 0 atom stereocenters. The van der Waals surface area contributed by atoms with Gasteiger partial charge in [0.2, 0.25) is 0 Å². The van der Waals surface area contributed by atoms with Crippen molar-refractivity contribution >= 4 is 51.9 Å². The summed E-state index contributed by atoms with van der Waals surface area (Å²) in [6.45, 7) is 4.11. The smallest absolute Gasteiger partial charge is 0.266 e. The highest BCUT2D eigenvalue weighted by molar-refractivity contribution is 8.26. The lowest BCUT2D eigenvalue weighted by atomic mass is 10.1. The Labute approximate surface area is 248 Å². The van der Waals surface area contributed by atoms with Gasteiger partial charge in [0.1, 0.15) is 16.7 Å². The molecule has 204 valence electrons. The van der Waals surface area contributed by atoms with Crippen molar-refractivity contribution in [3.05, 3.63) is 106 Å². The molecule has 1 fully saturated rings. The van der Waals surface area contributed by atoms with Crippen molar-refractivity contribution in [2.24, 2.45) is 0 Å². The van der Waals surface area contributed by atoms with Crippen LogP contribution in [0.1, 0.15) is 24.5 Å². The summed E-state index contributed by atoms with van der Waals surface area (Å²) in [6.07, 6.45) is 4.55. The van der Waals surface area contributed by atoms with Crippen molar-refractivity contribution in [2.45, 2.75) is 20.0 Å². The maximum absolute atomic E-state index is 13.2. The first-order valence-corrected chi connectivity index (χ1v) is 14.6. The van der Waals surface area contributed by atoms with Crippen LogP contribution in [0, 0.1) is 0 Å². The lowest BCUT2D eigenvalue weighted by Crippen LogP contribution is -2.29. The van der Waals surface area contributed by atoms with E-state index in [1.54, 1.807) is 4.90 Å². The molecule has 1 amide bonds. The third-order valence-electron chi connectivity index (χ3n) is 6.28. The summed E-state index contributed by atoms with van der Waals surface area (Å²) >= 11 is 13.1. The van der Waals surface area contributed by atoms with Gasteiger partial charge < -0.3 is 9.47 Å². The summed E-state index contributed by atoms with van der Waals surface area (Å²) in [5, 5.41) is 5.57. The molecule has 0 radical (unpaired) electrons. The number of aromatic nitrogens is 2. The average Bonchev–Trinajstić information content (AvgIpc) is 3.51. The van der Waals surface area contributed by atoms with Crippen LogP contribution >= 0.6 is 35.6 Å². The molecule has 1 aliphatic rings. The maximum Gasteiger partial charge on any atom is 0.266 e. The van der Waals surface area contributed by atoms with Gasteiger partial charge >= 0.3 is 0 Å².